The molecule has 0 N–H and O–H groups in total. The van der Waals surface area contributed by atoms with Crippen molar-refractivity contribution in [2.45, 2.75) is 6.92 Å². The van der Waals surface area contributed by atoms with Crippen LogP contribution in [-0.2, 0) is 4.74 Å². The normalized spacial score (nSPS) is 11.2. The number of halogens is 1. The van der Waals surface area contributed by atoms with E-state index >= 15 is 0 Å². The summed E-state index contributed by atoms with van der Waals surface area (Å²) in [6, 6.07) is 13.9. The molecule has 0 aromatic heterocycles. The summed E-state index contributed by atoms with van der Waals surface area (Å²) in [6.45, 7) is 1.94. The number of benzene rings is 2. The standard InChI is InChI=1S/C20H18ClNO4S/c1-4-27-18(12-22)19(13-5-7-14(21)8-6-13)26-17-11-15(24-2)9-10-16(17)20(23)25-3/h5-11H,4H2,1-3H3/b19-18-. The zero-order chi connectivity index (χ0) is 19.8. The van der Waals surface area contributed by atoms with Gasteiger partial charge in [0.1, 0.15) is 28.0 Å². The molecule has 5 nitrogen and oxygen atoms in total. The van der Waals surface area contributed by atoms with E-state index in [0.29, 0.717) is 32.8 Å². The number of rotatable bonds is 7. The van der Waals surface area contributed by atoms with E-state index in [4.69, 9.17) is 25.8 Å². The van der Waals surface area contributed by atoms with E-state index in [1.54, 1.807) is 42.5 Å². The lowest BCUT2D eigenvalue weighted by atomic mass is 10.1. The summed E-state index contributed by atoms with van der Waals surface area (Å²) < 4.78 is 16.1. The number of allylic oxidation sites excluding steroid dienone is 1. The molecule has 27 heavy (non-hydrogen) atoms. The molecule has 2 rings (SSSR count). The largest absolute Gasteiger partial charge is 0.497 e. The summed E-state index contributed by atoms with van der Waals surface area (Å²) in [5, 5.41) is 10.2. The van der Waals surface area contributed by atoms with Crippen LogP contribution in [0.4, 0.5) is 0 Å². The summed E-state index contributed by atoms with van der Waals surface area (Å²) in [5.41, 5.74) is 0.888. The molecule has 0 atom stereocenters. The first kappa shape index (κ1) is 20.7. The van der Waals surface area contributed by atoms with Gasteiger partial charge in [-0.3, -0.25) is 0 Å². The van der Waals surface area contributed by atoms with Crippen molar-refractivity contribution >= 4 is 35.1 Å². The predicted octanol–water partition coefficient (Wildman–Crippen LogP) is 5.16. The minimum Gasteiger partial charge on any atom is -0.497 e. The van der Waals surface area contributed by atoms with E-state index in [1.807, 2.05) is 6.92 Å². The number of carbonyl (C=O) groups is 1. The number of nitriles is 1. The average Bonchev–Trinajstić information content (AvgIpc) is 2.70. The van der Waals surface area contributed by atoms with Crippen LogP contribution in [0.2, 0.25) is 5.02 Å². The Bertz CT molecular complexity index is 888. The number of thioether (sulfide) groups is 1. The summed E-state index contributed by atoms with van der Waals surface area (Å²) >= 11 is 7.32. The number of esters is 1. The number of carbonyl (C=O) groups excluding carboxylic acids is 1. The number of methoxy groups -OCH3 is 2. The third-order valence-electron chi connectivity index (χ3n) is 3.51. The molecule has 0 unspecified atom stereocenters. The zero-order valence-corrected chi connectivity index (χ0v) is 16.7. The van der Waals surface area contributed by atoms with Crippen LogP contribution in [0, 0.1) is 11.3 Å². The highest BCUT2D eigenvalue weighted by atomic mass is 35.5. The molecule has 140 valence electrons. The van der Waals surface area contributed by atoms with Crippen LogP contribution in [0.5, 0.6) is 11.5 Å². The van der Waals surface area contributed by atoms with Gasteiger partial charge in [-0.1, -0.05) is 18.5 Å². The van der Waals surface area contributed by atoms with Gasteiger partial charge in [-0.05, 0) is 42.2 Å². The number of hydrogen-bond donors (Lipinski definition) is 0. The maximum Gasteiger partial charge on any atom is 0.341 e. The Morgan fingerprint density at radius 1 is 1.19 bits per heavy atom. The van der Waals surface area contributed by atoms with Crippen molar-refractivity contribution in [1.82, 2.24) is 0 Å². The molecule has 0 saturated carbocycles. The first-order valence-electron chi connectivity index (χ1n) is 8.01. The maximum absolute atomic E-state index is 12.1. The predicted molar refractivity (Wildman–Crippen MR) is 107 cm³/mol. The van der Waals surface area contributed by atoms with Crippen LogP contribution >= 0.6 is 23.4 Å². The smallest absolute Gasteiger partial charge is 0.341 e. The van der Waals surface area contributed by atoms with E-state index < -0.39 is 5.97 Å². The lowest BCUT2D eigenvalue weighted by molar-refractivity contribution is 0.0598. The highest BCUT2D eigenvalue weighted by Crippen LogP contribution is 2.34. The fourth-order valence-corrected chi connectivity index (χ4v) is 3.00. The van der Waals surface area contributed by atoms with Gasteiger partial charge in [0, 0.05) is 16.7 Å². The van der Waals surface area contributed by atoms with E-state index in [9.17, 15) is 10.1 Å². The molecular weight excluding hydrogens is 386 g/mol. The molecule has 0 bridgehead atoms. The monoisotopic (exact) mass is 403 g/mol. The topological polar surface area (TPSA) is 68.5 Å². The van der Waals surface area contributed by atoms with Gasteiger partial charge in [0.15, 0.2) is 5.76 Å². The highest BCUT2D eigenvalue weighted by molar-refractivity contribution is 8.03. The van der Waals surface area contributed by atoms with E-state index in [0.717, 1.165) is 0 Å². The summed E-state index contributed by atoms with van der Waals surface area (Å²) in [5.74, 6) is 1.21. The van der Waals surface area contributed by atoms with Gasteiger partial charge >= 0.3 is 5.97 Å². The van der Waals surface area contributed by atoms with Crippen LogP contribution < -0.4 is 9.47 Å². The van der Waals surface area contributed by atoms with Gasteiger partial charge < -0.3 is 14.2 Å². The second-order valence-corrected chi connectivity index (χ2v) is 6.88. The second kappa shape index (κ2) is 9.91. The van der Waals surface area contributed by atoms with Gasteiger partial charge in [0.05, 0.1) is 14.2 Å². The third-order valence-corrected chi connectivity index (χ3v) is 4.61. The SMILES string of the molecule is CCS/C(C#N)=C(\Oc1cc(OC)ccc1C(=O)OC)c1ccc(Cl)cc1. The van der Waals surface area contributed by atoms with Gasteiger partial charge in [0.2, 0.25) is 0 Å². The zero-order valence-electron chi connectivity index (χ0n) is 15.1. The molecule has 0 aliphatic rings. The fourth-order valence-electron chi connectivity index (χ4n) is 2.23. The molecule has 7 heteroatoms. The highest BCUT2D eigenvalue weighted by Gasteiger charge is 2.19. The molecule has 0 amide bonds. The quantitative estimate of drug-likeness (QED) is 0.361. The molecule has 0 heterocycles. The van der Waals surface area contributed by atoms with Crippen LogP contribution in [0.25, 0.3) is 5.76 Å². The molecule has 0 radical (unpaired) electrons. The van der Waals surface area contributed by atoms with Crippen molar-refractivity contribution in [3.05, 3.63) is 63.5 Å². The lowest BCUT2D eigenvalue weighted by Gasteiger charge is -2.16. The van der Waals surface area contributed by atoms with Crippen molar-refractivity contribution < 1.29 is 19.0 Å². The van der Waals surface area contributed by atoms with Crippen molar-refractivity contribution in [3.63, 3.8) is 0 Å². The Morgan fingerprint density at radius 3 is 2.44 bits per heavy atom. The van der Waals surface area contributed by atoms with Crippen molar-refractivity contribution in [2.75, 3.05) is 20.0 Å². The molecular formula is C20H18ClNO4S. The van der Waals surface area contributed by atoms with E-state index in [-0.39, 0.29) is 11.3 Å². The molecule has 0 spiro atoms. The lowest BCUT2D eigenvalue weighted by Crippen LogP contribution is -2.07. The summed E-state index contributed by atoms with van der Waals surface area (Å²) in [4.78, 5) is 12.5. The fraction of sp³-hybridized carbons (Fsp3) is 0.200. The molecule has 0 aliphatic carbocycles. The van der Waals surface area contributed by atoms with Gasteiger partial charge in [-0.25, -0.2) is 4.79 Å². The second-order valence-electron chi connectivity index (χ2n) is 5.17. The Kier molecular flexibility index (Phi) is 7.59. The molecule has 0 saturated heterocycles. The minimum absolute atomic E-state index is 0.226. The molecule has 2 aromatic carbocycles. The maximum atomic E-state index is 12.1. The van der Waals surface area contributed by atoms with Crippen molar-refractivity contribution in [2.24, 2.45) is 0 Å². The minimum atomic E-state index is -0.551. The van der Waals surface area contributed by atoms with Crippen LogP contribution in [0.3, 0.4) is 0 Å². The van der Waals surface area contributed by atoms with Crippen LogP contribution in [-0.4, -0.2) is 25.9 Å². The average molecular weight is 404 g/mol. The van der Waals surface area contributed by atoms with Gasteiger partial charge in [-0.15, -0.1) is 11.8 Å². The number of hydrogen-bond acceptors (Lipinski definition) is 6. The molecule has 0 aliphatic heterocycles. The Balaban J connectivity index is 2.61. The van der Waals surface area contributed by atoms with Crippen molar-refractivity contribution in [3.8, 4) is 17.6 Å². The summed E-state index contributed by atoms with van der Waals surface area (Å²) in [6.07, 6.45) is 0. The molecule has 0 fully saturated rings. The molecule has 2 aromatic rings. The van der Waals surface area contributed by atoms with Gasteiger partial charge in [0.25, 0.3) is 0 Å². The van der Waals surface area contributed by atoms with E-state index in [1.165, 1.54) is 26.0 Å². The third kappa shape index (κ3) is 5.19. The van der Waals surface area contributed by atoms with Crippen molar-refractivity contribution in [1.29, 1.82) is 5.26 Å². The first-order chi connectivity index (χ1) is 13.0. The van der Waals surface area contributed by atoms with Crippen LogP contribution in [0.1, 0.15) is 22.8 Å². The number of ether oxygens (including phenoxy) is 3. The Morgan fingerprint density at radius 2 is 1.89 bits per heavy atom. The first-order valence-corrected chi connectivity index (χ1v) is 9.37. The van der Waals surface area contributed by atoms with Gasteiger partial charge in [-0.2, -0.15) is 5.26 Å². The Hall–Kier alpha value is -2.62. The summed E-state index contributed by atoms with van der Waals surface area (Å²) in [7, 11) is 2.81. The number of nitrogens with zero attached hydrogens (tertiary/aromatic N) is 1. The Labute approximate surface area is 167 Å². The van der Waals surface area contributed by atoms with E-state index in [2.05, 4.69) is 6.07 Å². The van der Waals surface area contributed by atoms with Crippen LogP contribution in [0.15, 0.2) is 47.4 Å².